The average Bonchev–Trinajstić information content (AvgIpc) is 2.45. The Morgan fingerprint density at radius 1 is 1.29 bits per heavy atom. The summed E-state index contributed by atoms with van der Waals surface area (Å²) in [6.07, 6.45) is 2.43. The monoisotopic (exact) mass is 189 g/mol. The Bertz CT molecular complexity index is 426. The Morgan fingerprint density at radius 3 is 2.93 bits per heavy atom. The molecule has 0 saturated heterocycles. The largest absolute Gasteiger partial charge is 0.508 e. The number of anilines is 1. The zero-order chi connectivity index (χ0) is 9.71. The van der Waals surface area contributed by atoms with Gasteiger partial charge in [-0.2, -0.15) is 0 Å². The van der Waals surface area contributed by atoms with Gasteiger partial charge in [0.15, 0.2) is 0 Å². The van der Waals surface area contributed by atoms with Gasteiger partial charge in [-0.1, -0.05) is 0 Å². The number of aryl methyl sites for hydroxylation is 1. The molecule has 1 N–H and O–H groups in total. The van der Waals surface area contributed by atoms with Crippen LogP contribution in [-0.4, -0.2) is 17.6 Å². The number of carbonyl (C=O) groups excluding carboxylic acids is 1. The predicted octanol–water partition coefficient (Wildman–Crippen LogP) is 1.23. The molecule has 0 aromatic heterocycles. The lowest BCUT2D eigenvalue weighted by Gasteiger charge is -2.25. The highest BCUT2D eigenvalue weighted by molar-refractivity contribution is 6.02. The fourth-order valence-corrected chi connectivity index (χ4v) is 2.46. The minimum atomic E-state index is 0.173. The first kappa shape index (κ1) is 7.85. The lowest BCUT2D eigenvalue weighted by molar-refractivity contribution is -0.117. The van der Waals surface area contributed by atoms with Crippen molar-refractivity contribution in [3.8, 4) is 5.75 Å². The molecule has 2 heterocycles. The minimum absolute atomic E-state index is 0.173. The van der Waals surface area contributed by atoms with E-state index in [0.717, 1.165) is 36.2 Å². The second-order valence-electron chi connectivity index (χ2n) is 3.94. The quantitative estimate of drug-likeness (QED) is 0.666. The molecule has 0 saturated carbocycles. The molecule has 1 aromatic carbocycles. The van der Waals surface area contributed by atoms with Gasteiger partial charge in [0.1, 0.15) is 5.75 Å². The van der Waals surface area contributed by atoms with Crippen LogP contribution in [0.25, 0.3) is 0 Å². The van der Waals surface area contributed by atoms with E-state index in [9.17, 15) is 9.90 Å². The molecule has 2 aliphatic rings. The standard InChI is InChI=1S/C11H11NO2/c13-9-4-7-2-1-3-12-10(14)6-8(5-9)11(7)12/h4-5,13H,1-3,6H2. The molecule has 0 unspecified atom stereocenters. The first-order valence-corrected chi connectivity index (χ1v) is 4.91. The maximum absolute atomic E-state index is 11.6. The maximum Gasteiger partial charge on any atom is 0.231 e. The normalized spacial score (nSPS) is 18.6. The van der Waals surface area contributed by atoms with Crippen LogP contribution in [-0.2, 0) is 17.6 Å². The van der Waals surface area contributed by atoms with Gasteiger partial charge in [0, 0.05) is 6.54 Å². The molecule has 0 spiro atoms. The van der Waals surface area contributed by atoms with E-state index in [-0.39, 0.29) is 11.7 Å². The molecule has 0 radical (unpaired) electrons. The summed E-state index contributed by atoms with van der Waals surface area (Å²) < 4.78 is 0. The molecular formula is C11H11NO2. The maximum atomic E-state index is 11.6. The molecule has 1 aromatic rings. The summed E-state index contributed by atoms with van der Waals surface area (Å²) in [4.78, 5) is 13.5. The molecule has 72 valence electrons. The highest BCUT2D eigenvalue weighted by Gasteiger charge is 2.32. The fraction of sp³-hybridized carbons (Fsp3) is 0.364. The summed E-state index contributed by atoms with van der Waals surface area (Å²) in [5.41, 5.74) is 3.18. The van der Waals surface area contributed by atoms with Gasteiger partial charge >= 0.3 is 0 Å². The van der Waals surface area contributed by atoms with Crippen molar-refractivity contribution in [3.63, 3.8) is 0 Å². The molecule has 14 heavy (non-hydrogen) atoms. The molecular weight excluding hydrogens is 178 g/mol. The van der Waals surface area contributed by atoms with E-state index in [0.29, 0.717) is 6.42 Å². The van der Waals surface area contributed by atoms with Crippen molar-refractivity contribution in [2.75, 3.05) is 11.4 Å². The van der Waals surface area contributed by atoms with E-state index >= 15 is 0 Å². The van der Waals surface area contributed by atoms with Crippen LogP contribution in [0.15, 0.2) is 12.1 Å². The predicted molar refractivity (Wildman–Crippen MR) is 52.5 cm³/mol. The third-order valence-electron chi connectivity index (χ3n) is 2.99. The smallest absolute Gasteiger partial charge is 0.231 e. The molecule has 0 bridgehead atoms. The summed E-state index contributed by atoms with van der Waals surface area (Å²) in [6, 6.07) is 3.49. The van der Waals surface area contributed by atoms with E-state index in [1.165, 1.54) is 0 Å². The van der Waals surface area contributed by atoms with Gasteiger partial charge in [-0.05, 0) is 36.1 Å². The van der Waals surface area contributed by atoms with E-state index < -0.39 is 0 Å². The van der Waals surface area contributed by atoms with E-state index in [1.54, 1.807) is 12.1 Å². The van der Waals surface area contributed by atoms with Crippen LogP contribution < -0.4 is 4.90 Å². The zero-order valence-electron chi connectivity index (χ0n) is 7.79. The van der Waals surface area contributed by atoms with Gasteiger partial charge in [-0.3, -0.25) is 4.79 Å². The summed E-state index contributed by atoms with van der Waals surface area (Å²) in [5, 5.41) is 9.48. The Labute approximate surface area is 82.0 Å². The summed E-state index contributed by atoms with van der Waals surface area (Å²) in [7, 11) is 0. The number of hydrogen-bond acceptors (Lipinski definition) is 2. The van der Waals surface area contributed by atoms with Crippen molar-refractivity contribution in [2.45, 2.75) is 19.3 Å². The number of phenolic OH excluding ortho intramolecular Hbond substituents is 1. The van der Waals surface area contributed by atoms with Gasteiger partial charge in [0.2, 0.25) is 5.91 Å². The van der Waals surface area contributed by atoms with Crippen molar-refractivity contribution in [1.29, 1.82) is 0 Å². The van der Waals surface area contributed by atoms with Crippen LogP contribution in [0.5, 0.6) is 5.75 Å². The first-order chi connectivity index (χ1) is 6.75. The highest BCUT2D eigenvalue weighted by atomic mass is 16.3. The molecule has 2 aliphatic heterocycles. The van der Waals surface area contributed by atoms with Gasteiger partial charge in [-0.25, -0.2) is 0 Å². The number of phenols is 1. The van der Waals surface area contributed by atoms with Crippen LogP contribution in [0.2, 0.25) is 0 Å². The van der Waals surface area contributed by atoms with Gasteiger partial charge < -0.3 is 10.0 Å². The van der Waals surface area contributed by atoms with Crippen molar-refractivity contribution >= 4 is 11.6 Å². The molecule has 0 atom stereocenters. The highest BCUT2D eigenvalue weighted by Crippen LogP contribution is 2.38. The molecule has 3 heteroatoms. The van der Waals surface area contributed by atoms with Crippen LogP contribution in [0, 0.1) is 0 Å². The molecule has 3 nitrogen and oxygen atoms in total. The number of nitrogens with zero attached hydrogens (tertiary/aromatic N) is 1. The second-order valence-corrected chi connectivity index (χ2v) is 3.94. The number of carbonyl (C=O) groups is 1. The number of benzene rings is 1. The van der Waals surface area contributed by atoms with Gasteiger partial charge in [-0.15, -0.1) is 0 Å². The van der Waals surface area contributed by atoms with Gasteiger partial charge in [0.25, 0.3) is 0 Å². The fourth-order valence-electron chi connectivity index (χ4n) is 2.46. The van der Waals surface area contributed by atoms with Crippen molar-refractivity contribution in [2.24, 2.45) is 0 Å². The van der Waals surface area contributed by atoms with E-state index in [1.807, 2.05) is 4.90 Å². The first-order valence-electron chi connectivity index (χ1n) is 4.91. The van der Waals surface area contributed by atoms with Crippen LogP contribution in [0.4, 0.5) is 5.69 Å². The lowest BCUT2D eigenvalue weighted by atomic mass is 10.00. The Morgan fingerprint density at radius 2 is 2.07 bits per heavy atom. The van der Waals surface area contributed by atoms with Crippen molar-refractivity contribution in [3.05, 3.63) is 23.3 Å². The van der Waals surface area contributed by atoms with Crippen LogP contribution >= 0.6 is 0 Å². The minimum Gasteiger partial charge on any atom is -0.508 e. The Kier molecular flexibility index (Phi) is 1.40. The average molecular weight is 189 g/mol. The molecule has 3 rings (SSSR count). The number of hydrogen-bond donors (Lipinski definition) is 1. The molecule has 0 aliphatic carbocycles. The Hall–Kier alpha value is -1.51. The van der Waals surface area contributed by atoms with Crippen LogP contribution in [0.1, 0.15) is 17.5 Å². The van der Waals surface area contributed by atoms with E-state index in [4.69, 9.17) is 0 Å². The van der Waals surface area contributed by atoms with Crippen molar-refractivity contribution < 1.29 is 9.90 Å². The SMILES string of the molecule is O=C1Cc2cc(O)cc3c2N1CCC3. The number of aromatic hydroxyl groups is 1. The zero-order valence-corrected chi connectivity index (χ0v) is 7.79. The van der Waals surface area contributed by atoms with Crippen LogP contribution in [0.3, 0.4) is 0 Å². The topological polar surface area (TPSA) is 40.5 Å². The number of rotatable bonds is 0. The lowest BCUT2D eigenvalue weighted by Crippen LogP contribution is -2.31. The number of amides is 1. The molecule has 0 fully saturated rings. The third kappa shape index (κ3) is 0.895. The van der Waals surface area contributed by atoms with Crippen molar-refractivity contribution in [1.82, 2.24) is 0 Å². The second kappa shape index (κ2) is 2.50. The summed E-state index contributed by atoms with van der Waals surface area (Å²) >= 11 is 0. The Balaban J connectivity index is 2.26. The van der Waals surface area contributed by atoms with E-state index in [2.05, 4.69) is 0 Å². The summed E-state index contributed by atoms with van der Waals surface area (Å²) in [5.74, 6) is 0.460. The third-order valence-corrected chi connectivity index (χ3v) is 2.99. The van der Waals surface area contributed by atoms with Gasteiger partial charge in [0.05, 0.1) is 12.1 Å². The summed E-state index contributed by atoms with van der Waals surface area (Å²) in [6.45, 7) is 0.837. The molecule has 1 amide bonds.